The molecule has 0 unspecified atom stereocenters. The zero-order valence-electron chi connectivity index (χ0n) is 14.0. The summed E-state index contributed by atoms with van der Waals surface area (Å²) in [6, 6.07) is 2.24. The van der Waals surface area contributed by atoms with Gasteiger partial charge in [-0.2, -0.15) is 18.3 Å². The molecule has 0 atom stereocenters. The number of pyridine rings is 1. The second-order valence-corrected chi connectivity index (χ2v) is 7.91. The minimum atomic E-state index is -4.71. The number of rotatable bonds is 3. The lowest BCUT2D eigenvalue weighted by molar-refractivity contribution is -0.138. The van der Waals surface area contributed by atoms with E-state index < -0.39 is 26.5 Å². The van der Waals surface area contributed by atoms with E-state index in [1.807, 2.05) is 0 Å². The molecule has 3 heterocycles. The van der Waals surface area contributed by atoms with Crippen LogP contribution < -0.4 is 0 Å². The number of fused-ring (bicyclic) bond motifs is 1. The number of sulfone groups is 1. The molecule has 11 heteroatoms. The Bertz CT molecular complexity index is 1110. The van der Waals surface area contributed by atoms with E-state index >= 15 is 0 Å². The summed E-state index contributed by atoms with van der Waals surface area (Å²) in [5.74, 6) is -0.271. The number of hydrogen-bond donors (Lipinski definition) is 0. The quantitative estimate of drug-likeness (QED) is 0.688. The maximum absolute atomic E-state index is 13.0. The van der Waals surface area contributed by atoms with Gasteiger partial charge in [-0.1, -0.05) is 6.92 Å². The van der Waals surface area contributed by atoms with Gasteiger partial charge in [0.25, 0.3) is 0 Å². The lowest BCUT2D eigenvalue weighted by atomic mass is 10.2. The van der Waals surface area contributed by atoms with Crippen LogP contribution >= 0.6 is 0 Å². The van der Waals surface area contributed by atoms with E-state index in [-0.39, 0.29) is 17.3 Å². The van der Waals surface area contributed by atoms with Crippen molar-refractivity contribution in [3.63, 3.8) is 0 Å². The van der Waals surface area contributed by atoms with Crippen molar-refractivity contribution in [2.75, 3.05) is 5.75 Å². The smallest absolute Gasteiger partial charge is 0.309 e. The number of aryl methyl sites for hydroxylation is 2. The highest BCUT2D eigenvalue weighted by Gasteiger charge is 2.34. The zero-order chi connectivity index (χ0) is 19.3. The average Bonchev–Trinajstić information content (AvgIpc) is 2.89. The minimum absolute atomic E-state index is 0.0978. The van der Waals surface area contributed by atoms with E-state index in [1.54, 1.807) is 20.0 Å². The van der Waals surface area contributed by atoms with Gasteiger partial charge in [0, 0.05) is 13.2 Å². The van der Waals surface area contributed by atoms with Crippen molar-refractivity contribution in [3.05, 3.63) is 29.6 Å². The van der Waals surface area contributed by atoms with Crippen LogP contribution in [0.2, 0.25) is 0 Å². The summed E-state index contributed by atoms with van der Waals surface area (Å²) in [5.41, 5.74) is 0.119. The Morgan fingerprint density at radius 3 is 2.50 bits per heavy atom. The molecule has 7 nitrogen and oxygen atoms in total. The average molecular weight is 385 g/mol. The second-order valence-electron chi connectivity index (χ2n) is 5.66. The number of nitrogens with zero attached hydrogens (tertiary/aromatic N) is 5. The van der Waals surface area contributed by atoms with Crippen molar-refractivity contribution < 1.29 is 21.6 Å². The Kier molecular flexibility index (Phi) is 4.21. The first-order chi connectivity index (χ1) is 12.0. The van der Waals surface area contributed by atoms with Gasteiger partial charge in [0.1, 0.15) is 11.2 Å². The van der Waals surface area contributed by atoms with Gasteiger partial charge in [-0.15, -0.1) is 5.10 Å². The van der Waals surface area contributed by atoms with E-state index in [1.165, 1.54) is 11.5 Å². The van der Waals surface area contributed by atoms with Crippen molar-refractivity contribution in [1.29, 1.82) is 0 Å². The Morgan fingerprint density at radius 1 is 1.19 bits per heavy atom. The van der Waals surface area contributed by atoms with Gasteiger partial charge in [-0.25, -0.2) is 13.4 Å². The first-order valence-corrected chi connectivity index (χ1v) is 9.17. The van der Waals surface area contributed by atoms with Gasteiger partial charge < -0.3 is 4.57 Å². The Balaban J connectivity index is 2.33. The van der Waals surface area contributed by atoms with Crippen molar-refractivity contribution >= 4 is 21.0 Å². The van der Waals surface area contributed by atoms with E-state index in [4.69, 9.17) is 0 Å². The molecule has 0 aliphatic rings. The van der Waals surface area contributed by atoms with E-state index in [0.717, 1.165) is 0 Å². The van der Waals surface area contributed by atoms with Crippen LogP contribution in [-0.4, -0.2) is 38.9 Å². The van der Waals surface area contributed by atoms with Crippen LogP contribution in [0.3, 0.4) is 0 Å². The fraction of sp³-hybridized carbons (Fsp3) is 0.333. The Morgan fingerprint density at radius 2 is 1.88 bits per heavy atom. The molecule has 0 aromatic carbocycles. The van der Waals surface area contributed by atoms with Crippen LogP contribution in [0.5, 0.6) is 0 Å². The summed E-state index contributed by atoms with van der Waals surface area (Å²) in [7, 11) is -2.41. The highest BCUT2D eigenvalue weighted by Crippen LogP contribution is 2.34. The van der Waals surface area contributed by atoms with Crippen LogP contribution in [-0.2, 0) is 23.1 Å². The molecule has 0 aliphatic heterocycles. The van der Waals surface area contributed by atoms with Crippen molar-refractivity contribution in [3.8, 4) is 11.5 Å². The predicted molar refractivity (Wildman–Crippen MR) is 87.0 cm³/mol. The zero-order valence-corrected chi connectivity index (χ0v) is 14.9. The largest absolute Gasteiger partial charge is 0.417 e. The molecule has 0 saturated heterocycles. The van der Waals surface area contributed by atoms with Crippen molar-refractivity contribution in [2.24, 2.45) is 7.05 Å². The van der Waals surface area contributed by atoms with E-state index in [2.05, 4.69) is 20.2 Å². The van der Waals surface area contributed by atoms with Gasteiger partial charge in [-0.3, -0.25) is 4.98 Å². The summed E-state index contributed by atoms with van der Waals surface area (Å²) < 4.78 is 65.2. The standard InChI is InChI=1S/C15H14F3N5O2S/c1-4-26(24,25)11-6-9(15(16,17)18)7-19-12(11)14-20-10-5-8(2)21-22-13(10)23(14)3/h5-7H,4H2,1-3H3. The molecular formula is C15H14F3N5O2S. The highest BCUT2D eigenvalue weighted by atomic mass is 32.2. The summed E-state index contributed by atoms with van der Waals surface area (Å²) in [5, 5.41) is 7.90. The lowest BCUT2D eigenvalue weighted by Gasteiger charge is -2.12. The van der Waals surface area contributed by atoms with E-state index in [9.17, 15) is 21.6 Å². The van der Waals surface area contributed by atoms with Gasteiger partial charge in [0.2, 0.25) is 0 Å². The van der Waals surface area contributed by atoms with Crippen LogP contribution in [0, 0.1) is 6.92 Å². The molecule has 26 heavy (non-hydrogen) atoms. The first kappa shape index (κ1) is 18.2. The third kappa shape index (κ3) is 3.02. The van der Waals surface area contributed by atoms with Gasteiger partial charge >= 0.3 is 6.18 Å². The monoisotopic (exact) mass is 385 g/mol. The van der Waals surface area contributed by atoms with Crippen LogP contribution in [0.15, 0.2) is 23.2 Å². The molecular weight excluding hydrogens is 371 g/mol. The number of alkyl halides is 3. The van der Waals surface area contributed by atoms with Gasteiger partial charge in [0.05, 0.1) is 21.9 Å². The highest BCUT2D eigenvalue weighted by molar-refractivity contribution is 7.91. The maximum atomic E-state index is 13.0. The first-order valence-electron chi connectivity index (χ1n) is 7.51. The third-order valence-electron chi connectivity index (χ3n) is 3.85. The molecule has 0 N–H and O–H groups in total. The molecule has 0 fully saturated rings. The Labute approximate surface area is 146 Å². The molecule has 3 rings (SSSR count). The fourth-order valence-corrected chi connectivity index (χ4v) is 3.51. The molecule has 0 aliphatic carbocycles. The van der Waals surface area contributed by atoms with Gasteiger partial charge in [-0.05, 0) is 19.1 Å². The summed E-state index contributed by atoms with van der Waals surface area (Å²) >= 11 is 0. The SMILES string of the molecule is CCS(=O)(=O)c1cc(C(F)(F)F)cnc1-c1nc2cc(C)nnc2n1C. The molecule has 3 aromatic rings. The lowest BCUT2D eigenvalue weighted by Crippen LogP contribution is -2.13. The number of hydrogen-bond acceptors (Lipinski definition) is 6. The molecule has 138 valence electrons. The third-order valence-corrected chi connectivity index (χ3v) is 5.59. The number of imidazole rings is 1. The van der Waals surface area contributed by atoms with Crippen LogP contribution in [0.1, 0.15) is 18.2 Å². The predicted octanol–water partition coefficient (Wildman–Crippen LogP) is 2.55. The molecule has 0 radical (unpaired) electrons. The van der Waals surface area contributed by atoms with Crippen molar-refractivity contribution in [1.82, 2.24) is 24.7 Å². The normalized spacial score (nSPS) is 12.7. The summed E-state index contributed by atoms with van der Waals surface area (Å²) in [6.07, 6.45) is -4.11. The molecule has 0 amide bonds. The van der Waals surface area contributed by atoms with Gasteiger partial charge in [0.15, 0.2) is 21.3 Å². The topological polar surface area (TPSA) is 90.6 Å². The maximum Gasteiger partial charge on any atom is 0.417 e. The molecule has 0 spiro atoms. The molecule has 3 aromatic heterocycles. The van der Waals surface area contributed by atoms with Crippen molar-refractivity contribution in [2.45, 2.75) is 24.9 Å². The Hall–Kier alpha value is -2.56. The van der Waals surface area contributed by atoms with Crippen LogP contribution in [0.4, 0.5) is 13.2 Å². The van der Waals surface area contributed by atoms with E-state index in [0.29, 0.717) is 29.1 Å². The number of halogens is 3. The summed E-state index contributed by atoms with van der Waals surface area (Å²) in [6.45, 7) is 3.06. The fourth-order valence-electron chi connectivity index (χ4n) is 2.45. The minimum Gasteiger partial charge on any atom is -0.309 e. The summed E-state index contributed by atoms with van der Waals surface area (Å²) in [4.78, 5) is 7.56. The van der Waals surface area contributed by atoms with Crippen LogP contribution in [0.25, 0.3) is 22.7 Å². The second kappa shape index (κ2) is 6.01. The number of aromatic nitrogens is 5. The molecule has 0 bridgehead atoms. The molecule has 0 saturated carbocycles.